The van der Waals surface area contributed by atoms with Gasteiger partial charge in [0.1, 0.15) is 17.3 Å². The molecule has 5 nitrogen and oxygen atoms in total. The lowest BCUT2D eigenvalue weighted by Crippen LogP contribution is -2.48. The molecule has 0 bridgehead atoms. The van der Waals surface area contributed by atoms with Crippen molar-refractivity contribution in [3.8, 4) is 0 Å². The summed E-state index contributed by atoms with van der Waals surface area (Å²) in [5, 5.41) is 4.51. The zero-order valence-electron chi connectivity index (χ0n) is 18.9. The summed E-state index contributed by atoms with van der Waals surface area (Å²) >= 11 is 0. The van der Waals surface area contributed by atoms with E-state index < -0.39 is 29.3 Å². The fourth-order valence-electron chi connectivity index (χ4n) is 4.47. The van der Waals surface area contributed by atoms with Crippen LogP contribution in [0.15, 0.2) is 41.1 Å². The van der Waals surface area contributed by atoms with Crippen molar-refractivity contribution in [3.05, 3.63) is 70.4 Å². The van der Waals surface area contributed by atoms with Gasteiger partial charge in [-0.15, -0.1) is 0 Å². The molecule has 174 valence electrons. The minimum absolute atomic E-state index is 0.0111. The second-order valence-corrected chi connectivity index (χ2v) is 9.02. The number of halogens is 3. The fraction of sp³-hybridized carbons (Fsp3) is 0.360. The summed E-state index contributed by atoms with van der Waals surface area (Å²) in [7, 11) is 1.21. The number of esters is 1. The van der Waals surface area contributed by atoms with Gasteiger partial charge in [-0.2, -0.15) is 0 Å². The Balaban J connectivity index is 1.88. The molecule has 0 saturated heterocycles. The van der Waals surface area contributed by atoms with Crippen molar-refractivity contribution in [2.24, 2.45) is 0 Å². The van der Waals surface area contributed by atoms with E-state index in [9.17, 15) is 9.18 Å². The van der Waals surface area contributed by atoms with Crippen molar-refractivity contribution in [1.82, 2.24) is 10.1 Å². The Morgan fingerprint density at radius 2 is 1.97 bits per heavy atom. The molecule has 33 heavy (non-hydrogen) atoms. The van der Waals surface area contributed by atoms with Gasteiger partial charge in [-0.3, -0.25) is 4.90 Å². The second kappa shape index (κ2) is 8.67. The molecular weight excluding hydrogens is 433 g/mol. The summed E-state index contributed by atoms with van der Waals surface area (Å²) in [5.41, 5.74) is 0.569. The monoisotopic (exact) mass is 458 g/mol. The van der Waals surface area contributed by atoms with Crippen LogP contribution in [0.2, 0.25) is 0 Å². The topological polar surface area (TPSA) is 55.6 Å². The largest absolute Gasteiger partial charge is 0.466 e. The Labute approximate surface area is 189 Å². The van der Waals surface area contributed by atoms with Gasteiger partial charge in [0.05, 0.1) is 19.3 Å². The van der Waals surface area contributed by atoms with E-state index in [1.165, 1.54) is 27.0 Å². The van der Waals surface area contributed by atoms with Gasteiger partial charge in [-0.1, -0.05) is 5.16 Å². The first-order valence-electron chi connectivity index (χ1n) is 10.6. The van der Waals surface area contributed by atoms with Crippen molar-refractivity contribution in [2.75, 3.05) is 13.7 Å². The van der Waals surface area contributed by atoms with Crippen molar-refractivity contribution < 1.29 is 27.2 Å². The molecule has 0 aliphatic carbocycles. The molecule has 0 radical (unpaired) electrons. The van der Waals surface area contributed by atoms with Crippen molar-refractivity contribution in [1.29, 1.82) is 0 Å². The van der Waals surface area contributed by atoms with E-state index in [0.717, 1.165) is 23.8 Å². The number of methoxy groups -OCH3 is 1. The van der Waals surface area contributed by atoms with Gasteiger partial charge in [-0.25, -0.2) is 18.0 Å². The maximum atomic E-state index is 15.4. The Kier molecular flexibility index (Phi) is 6.05. The molecule has 2 atom stereocenters. The van der Waals surface area contributed by atoms with E-state index in [0.29, 0.717) is 23.0 Å². The molecule has 1 aliphatic rings. The Morgan fingerprint density at radius 3 is 2.61 bits per heavy atom. The van der Waals surface area contributed by atoms with Crippen LogP contribution in [0.25, 0.3) is 17.0 Å². The number of rotatable bonds is 5. The Bertz CT molecular complexity index is 1210. The van der Waals surface area contributed by atoms with Crippen LogP contribution in [-0.4, -0.2) is 41.4 Å². The average molecular weight is 458 g/mol. The molecule has 3 aromatic rings. The summed E-state index contributed by atoms with van der Waals surface area (Å²) in [6.45, 7) is 4.80. The van der Waals surface area contributed by atoms with E-state index in [4.69, 9.17) is 4.52 Å². The molecule has 0 saturated carbocycles. The van der Waals surface area contributed by atoms with Gasteiger partial charge < -0.3 is 9.26 Å². The van der Waals surface area contributed by atoms with E-state index >= 15 is 8.78 Å². The first-order valence-corrected chi connectivity index (χ1v) is 10.6. The van der Waals surface area contributed by atoms with E-state index in [2.05, 4.69) is 9.89 Å². The van der Waals surface area contributed by atoms with Crippen LogP contribution >= 0.6 is 0 Å². The predicted molar refractivity (Wildman–Crippen MR) is 118 cm³/mol. The average Bonchev–Trinajstić information content (AvgIpc) is 3.18. The quantitative estimate of drug-likeness (QED) is 0.380. The molecule has 0 fully saturated rings. The SMILES string of the molecule is COC(=O)/C=C/c1cc(F)c([C@H]2c3cc4cnoc4cc3C[C@H](C)N2CC(C)(C)F)c(F)c1. The lowest BCUT2D eigenvalue weighted by Gasteiger charge is -2.44. The minimum atomic E-state index is -1.58. The summed E-state index contributed by atoms with van der Waals surface area (Å²) in [6.07, 6.45) is 4.48. The number of ether oxygens (including phenoxy) is 1. The third kappa shape index (κ3) is 4.66. The first kappa shape index (κ1) is 23.0. The number of hydrogen-bond acceptors (Lipinski definition) is 5. The molecule has 4 rings (SSSR count). The highest BCUT2D eigenvalue weighted by Gasteiger charge is 2.39. The molecule has 0 N–H and O–H groups in total. The summed E-state index contributed by atoms with van der Waals surface area (Å²) in [4.78, 5) is 13.2. The number of benzene rings is 2. The fourth-order valence-corrected chi connectivity index (χ4v) is 4.47. The van der Waals surface area contributed by atoms with Gasteiger partial charge in [0, 0.05) is 29.6 Å². The lowest BCUT2D eigenvalue weighted by atomic mass is 9.83. The smallest absolute Gasteiger partial charge is 0.330 e. The van der Waals surface area contributed by atoms with Crippen LogP contribution in [0.4, 0.5) is 13.2 Å². The predicted octanol–water partition coefficient (Wildman–Crippen LogP) is 5.38. The van der Waals surface area contributed by atoms with Crippen LogP contribution < -0.4 is 0 Å². The van der Waals surface area contributed by atoms with Crippen molar-refractivity contribution in [2.45, 2.75) is 44.9 Å². The molecule has 2 heterocycles. The van der Waals surface area contributed by atoms with Crippen LogP contribution in [0.5, 0.6) is 0 Å². The molecule has 2 aromatic carbocycles. The standard InChI is InChI=1S/C25H25F3N2O3/c1-14-7-16-11-21-17(12-29-33-21)10-18(16)24(30(14)13-25(2,3)28)23-19(26)8-15(9-20(23)27)5-6-22(31)32-4/h5-6,8-12,14,24H,7,13H2,1-4H3/b6-5+/t14-,24+/m0/s1. The summed E-state index contributed by atoms with van der Waals surface area (Å²) in [5.74, 6) is -2.20. The molecule has 1 aliphatic heterocycles. The Morgan fingerprint density at radius 1 is 1.27 bits per heavy atom. The summed E-state index contributed by atoms with van der Waals surface area (Å²) < 4.78 is 55.5. The first-order chi connectivity index (χ1) is 15.6. The normalized spacial score (nSPS) is 19.2. The molecule has 1 aromatic heterocycles. The molecular formula is C25H25F3N2O3. The van der Waals surface area contributed by atoms with Crippen LogP contribution in [0.3, 0.4) is 0 Å². The van der Waals surface area contributed by atoms with Gasteiger partial charge in [0.2, 0.25) is 0 Å². The number of hydrogen-bond donors (Lipinski definition) is 0. The minimum Gasteiger partial charge on any atom is -0.466 e. The number of nitrogens with zero attached hydrogens (tertiary/aromatic N) is 2. The van der Waals surface area contributed by atoms with Gasteiger partial charge >= 0.3 is 5.97 Å². The second-order valence-electron chi connectivity index (χ2n) is 9.02. The van der Waals surface area contributed by atoms with Crippen molar-refractivity contribution in [3.63, 3.8) is 0 Å². The third-order valence-electron chi connectivity index (χ3n) is 5.87. The molecule has 0 amide bonds. The summed E-state index contributed by atoms with van der Waals surface area (Å²) in [6, 6.07) is 4.93. The lowest BCUT2D eigenvalue weighted by molar-refractivity contribution is -0.134. The van der Waals surface area contributed by atoms with Gasteiger partial charge in [0.25, 0.3) is 0 Å². The maximum absolute atomic E-state index is 15.4. The van der Waals surface area contributed by atoms with E-state index in [-0.39, 0.29) is 23.7 Å². The van der Waals surface area contributed by atoms with Gasteiger partial charge in [-0.05, 0) is 74.2 Å². The number of carbonyl (C=O) groups is 1. The molecule has 8 heteroatoms. The maximum Gasteiger partial charge on any atom is 0.330 e. The highest BCUT2D eigenvalue weighted by molar-refractivity contribution is 5.87. The Hall–Kier alpha value is -3.13. The van der Waals surface area contributed by atoms with Crippen LogP contribution in [-0.2, 0) is 16.0 Å². The zero-order valence-corrected chi connectivity index (χ0v) is 18.9. The number of alkyl halides is 1. The highest BCUT2D eigenvalue weighted by atomic mass is 19.1. The van der Waals surface area contributed by atoms with Crippen LogP contribution in [0.1, 0.15) is 49.1 Å². The molecule has 0 unspecified atom stereocenters. The molecule has 0 spiro atoms. The zero-order chi connectivity index (χ0) is 23.9. The van der Waals surface area contributed by atoms with Crippen LogP contribution in [0, 0.1) is 11.6 Å². The van der Waals surface area contributed by atoms with E-state index in [1.54, 1.807) is 17.2 Å². The number of aromatic nitrogens is 1. The third-order valence-corrected chi connectivity index (χ3v) is 5.87. The number of fused-ring (bicyclic) bond motifs is 2. The van der Waals surface area contributed by atoms with E-state index in [1.807, 2.05) is 13.0 Å². The highest BCUT2D eigenvalue weighted by Crippen LogP contribution is 2.42. The number of carbonyl (C=O) groups excluding carboxylic acids is 1. The van der Waals surface area contributed by atoms with Crippen molar-refractivity contribution >= 4 is 23.0 Å². The van der Waals surface area contributed by atoms with Gasteiger partial charge in [0.15, 0.2) is 5.58 Å².